The van der Waals surface area contributed by atoms with Crippen LogP contribution in [0.5, 0.6) is 0 Å². The van der Waals surface area contributed by atoms with Crippen molar-refractivity contribution >= 4 is 29.2 Å². The Morgan fingerprint density at radius 2 is 1.68 bits per heavy atom. The van der Waals surface area contributed by atoms with Crippen LogP contribution >= 0.6 is 0 Å². The first-order chi connectivity index (χ1) is 20.6. The van der Waals surface area contributed by atoms with Crippen LogP contribution in [0.3, 0.4) is 0 Å². The van der Waals surface area contributed by atoms with E-state index in [0.717, 1.165) is 60.9 Å². The number of nitrogens with two attached hydrogens (primary N) is 1. The molecular weight excluding hydrogens is 554 g/mol. The first-order valence-electron chi connectivity index (χ1n) is 15.9. The van der Waals surface area contributed by atoms with Crippen LogP contribution in [0.2, 0.25) is 0 Å². The number of likely N-dealkylation sites (tertiary alicyclic amines) is 1. The van der Waals surface area contributed by atoms with E-state index < -0.39 is 5.60 Å². The molecule has 1 spiro atoms. The van der Waals surface area contributed by atoms with Gasteiger partial charge in [-0.05, 0) is 87.5 Å². The molecule has 0 bridgehead atoms. The maximum atomic E-state index is 13.4. The van der Waals surface area contributed by atoms with Gasteiger partial charge in [0.05, 0.1) is 11.0 Å². The molecule has 3 aromatic rings. The number of anilines is 1. The van der Waals surface area contributed by atoms with Crippen molar-refractivity contribution in [3.63, 3.8) is 0 Å². The molecule has 2 N–H and O–H groups in total. The zero-order valence-corrected chi connectivity index (χ0v) is 27.4. The summed E-state index contributed by atoms with van der Waals surface area (Å²) in [6, 6.07) is 16.2. The first kappa shape index (κ1) is 31.7. The standard InChI is InChI=1S/C35H49N5O4/c1-24(33(2,3)4)39(32(42)43-23-25-11-9-8-10-12-25)22-26-13-14-29-28(19-26)37-30(36)40(29)27-20-35(21-27)15-17-38(18-16-35)31(41)44-34(5,6)7/h8-14,19,24,27H,15-18,20-23H2,1-7H3,(H2,36,37)/t24-/m0/s1. The molecule has 5 rings (SSSR count). The van der Waals surface area contributed by atoms with Crippen molar-refractivity contribution in [2.45, 2.75) is 105 Å². The second-order valence-electron chi connectivity index (χ2n) is 14.9. The van der Waals surface area contributed by atoms with E-state index in [1.807, 2.05) is 67.0 Å². The monoisotopic (exact) mass is 603 g/mol. The van der Waals surface area contributed by atoms with Crippen molar-refractivity contribution in [1.29, 1.82) is 0 Å². The lowest BCUT2D eigenvalue weighted by molar-refractivity contribution is -0.0222. The van der Waals surface area contributed by atoms with Gasteiger partial charge in [0, 0.05) is 31.7 Å². The highest BCUT2D eigenvalue weighted by Gasteiger charge is 2.48. The summed E-state index contributed by atoms with van der Waals surface area (Å²) in [7, 11) is 0. The third kappa shape index (κ3) is 6.97. The summed E-state index contributed by atoms with van der Waals surface area (Å²) in [4.78, 5) is 34.3. The van der Waals surface area contributed by atoms with Gasteiger partial charge in [0.25, 0.3) is 0 Å². The van der Waals surface area contributed by atoms with Crippen LogP contribution in [0.1, 0.15) is 91.3 Å². The molecule has 9 heteroatoms. The fraction of sp³-hybridized carbons (Fsp3) is 0.571. The summed E-state index contributed by atoms with van der Waals surface area (Å²) in [5, 5.41) is 0. The molecule has 1 atom stereocenters. The predicted octanol–water partition coefficient (Wildman–Crippen LogP) is 7.54. The molecule has 9 nitrogen and oxygen atoms in total. The van der Waals surface area contributed by atoms with E-state index in [9.17, 15) is 9.59 Å². The van der Waals surface area contributed by atoms with Gasteiger partial charge in [-0.15, -0.1) is 0 Å². The van der Waals surface area contributed by atoms with Crippen molar-refractivity contribution in [2.75, 3.05) is 18.8 Å². The lowest BCUT2D eigenvalue weighted by Gasteiger charge is -2.52. The fourth-order valence-corrected chi connectivity index (χ4v) is 6.49. The zero-order chi connectivity index (χ0) is 31.9. The van der Waals surface area contributed by atoms with Gasteiger partial charge in [-0.1, -0.05) is 57.2 Å². The van der Waals surface area contributed by atoms with Crippen LogP contribution < -0.4 is 5.73 Å². The van der Waals surface area contributed by atoms with E-state index in [2.05, 4.69) is 44.4 Å². The van der Waals surface area contributed by atoms with Gasteiger partial charge in [0.1, 0.15) is 12.2 Å². The molecule has 2 aliphatic rings. The number of hydrogen-bond acceptors (Lipinski definition) is 6. The molecule has 1 saturated carbocycles. The quantitative estimate of drug-likeness (QED) is 0.312. The maximum absolute atomic E-state index is 13.4. The topological polar surface area (TPSA) is 103 Å². The van der Waals surface area contributed by atoms with E-state index in [1.54, 1.807) is 0 Å². The number of carbonyl (C=O) groups is 2. The first-order valence-corrected chi connectivity index (χ1v) is 15.9. The smallest absolute Gasteiger partial charge is 0.410 e. The van der Waals surface area contributed by atoms with Gasteiger partial charge < -0.3 is 29.6 Å². The molecule has 2 fully saturated rings. The van der Waals surface area contributed by atoms with Crippen LogP contribution in [-0.4, -0.2) is 56.3 Å². The number of piperidine rings is 1. The minimum absolute atomic E-state index is 0.0583. The Hall–Kier alpha value is -3.75. The summed E-state index contributed by atoms with van der Waals surface area (Å²) in [5.41, 5.74) is 9.90. The lowest BCUT2D eigenvalue weighted by atomic mass is 9.60. The second-order valence-corrected chi connectivity index (χ2v) is 14.9. The number of aromatic nitrogens is 2. The van der Waals surface area contributed by atoms with Crippen molar-refractivity contribution in [3.8, 4) is 0 Å². The van der Waals surface area contributed by atoms with Crippen LogP contribution in [0.25, 0.3) is 11.0 Å². The number of amides is 2. The number of rotatable bonds is 6. The number of fused-ring (bicyclic) bond motifs is 1. The molecule has 1 aromatic heterocycles. The highest BCUT2D eigenvalue weighted by atomic mass is 16.6. The average molecular weight is 604 g/mol. The van der Waals surface area contributed by atoms with Crippen LogP contribution in [-0.2, 0) is 22.6 Å². The third-order valence-corrected chi connectivity index (χ3v) is 9.47. The molecule has 2 amide bonds. The Labute approximate surface area is 261 Å². The number of imidazole rings is 1. The number of carbonyl (C=O) groups excluding carboxylic acids is 2. The predicted molar refractivity (Wildman–Crippen MR) is 173 cm³/mol. The van der Waals surface area contributed by atoms with Gasteiger partial charge >= 0.3 is 12.2 Å². The molecule has 238 valence electrons. The number of benzene rings is 2. The van der Waals surface area contributed by atoms with E-state index in [-0.39, 0.29) is 41.7 Å². The SMILES string of the molecule is C[C@H](N(Cc1ccc2c(c1)nc(N)n2C1CC2(CCN(C(=O)OC(C)(C)C)CC2)C1)C(=O)OCc1ccccc1)C(C)(C)C. The zero-order valence-electron chi connectivity index (χ0n) is 27.4. The second kappa shape index (κ2) is 12.0. The number of ether oxygens (including phenoxy) is 2. The summed E-state index contributed by atoms with van der Waals surface area (Å²) in [5.74, 6) is 0.519. The summed E-state index contributed by atoms with van der Waals surface area (Å²) >= 11 is 0. The maximum Gasteiger partial charge on any atom is 0.410 e. The Bertz CT molecular complexity index is 1470. The number of nitrogen functional groups attached to an aromatic ring is 1. The molecule has 2 heterocycles. The fourth-order valence-electron chi connectivity index (χ4n) is 6.49. The molecule has 0 radical (unpaired) electrons. The van der Waals surface area contributed by atoms with E-state index in [0.29, 0.717) is 12.5 Å². The third-order valence-electron chi connectivity index (χ3n) is 9.47. The lowest BCUT2D eigenvalue weighted by Crippen LogP contribution is -2.50. The van der Waals surface area contributed by atoms with Gasteiger partial charge in [0.2, 0.25) is 5.95 Å². The molecule has 1 aliphatic heterocycles. The normalized spacial score (nSPS) is 17.8. The van der Waals surface area contributed by atoms with Crippen molar-refractivity contribution in [1.82, 2.24) is 19.4 Å². The van der Waals surface area contributed by atoms with Gasteiger partial charge in [-0.25, -0.2) is 14.6 Å². The van der Waals surface area contributed by atoms with Gasteiger partial charge in [-0.2, -0.15) is 0 Å². The Kier molecular flexibility index (Phi) is 8.62. The van der Waals surface area contributed by atoms with Crippen molar-refractivity contribution < 1.29 is 19.1 Å². The minimum atomic E-state index is -0.484. The molecule has 1 aliphatic carbocycles. The van der Waals surface area contributed by atoms with Gasteiger partial charge in [-0.3, -0.25) is 0 Å². The van der Waals surface area contributed by atoms with Gasteiger partial charge in [0.15, 0.2) is 0 Å². The van der Waals surface area contributed by atoms with E-state index in [4.69, 9.17) is 20.2 Å². The Morgan fingerprint density at radius 3 is 2.30 bits per heavy atom. The Balaban J connectivity index is 1.26. The average Bonchev–Trinajstić information content (AvgIpc) is 3.26. The summed E-state index contributed by atoms with van der Waals surface area (Å²) in [6.07, 6.45) is 3.44. The van der Waals surface area contributed by atoms with E-state index in [1.165, 1.54) is 0 Å². The summed E-state index contributed by atoms with van der Waals surface area (Å²) < 4.78 is 13.5. The highest BCUT2D eigenvalue weighted by Crippen LogP contribution is 2.56. The van der Waals surface area contributed by atoms with Crippen LogP contribution in [0.4, 0.5) is 15.5 Å². The Morgan fingerprint density at radius 1 is 1.02 bits per heavy atom. The molecular formula is C35H49N5O4. The van der Waals surface area contributed by atoms with Crippen LogP contribution in [0.15, 0.2) is 48.5 Å². The van der Waals surface area contributed by atoms with Crippen LogP contribution in [0, 0.1) is 10.8 Å². The number of hydrogen-bond donors (Lipinski definition) is 1. The summed E-state index contributed by atoms with van der Waals surface area (Å²) in [6.45, 7) is 16.3. The molecule has 0 unspecified atom stereocenters. The minimum Gasteiger partial charge on any atom is -0.445 e. The van der Waals surface area contributed by atoms with Crippen molar-refractivity contribution in [3.05, 3.63) is 59.7 Å². The molecule has 2 aromatic carbocycles. The largest absolute Gasteiger partial charge is 0.445 e. The molecule has 1 saturated heterocycles. The van der Waals surface area contributed by atoms with E-state index >= 15 is 0 Å². The highest BCUT2D eigenvalue weighted by molar-refractivity contribution is 5.79. The molecule has 44 heavy (non-hydrogen) atoms. The number of nitrogens with zero attached hydrogens (tertiary/aromatic N) is 4. The van der Waals surface area contributed by atoms with Crippen molar-refractivity contribution in [2.24, 2.45) is 10.8 Å².